The summed E-state index contributed by atoms with van der Waals surface area (Å²) in [7, 11) is 0. The van der Waals surface area contributed by atoms with Gasteiger partial charge in [0.1, 0.15) is 5.75 Å². The van der Waals surface area contributed by atoms with Crippen LogP contribution in [-0.2, 0) is 14.4 Å². The van der Waals surface area contributed by atoms with Crippen molar-refractivity contribution in [3.63, 3.8) is 0 Å². The van der Waals surface area contributed by atoms with Gasteiger partial charge < -0.3 is 20.5 Å². The molecule has 2 amide bonds. The highest BCUT2D eigenvalue weighted by molar-refractivity contribution is 5.95. The van der Waals surface area contributed by atoms with Crippen molar-refractivity contribution >= 4 is 23.5 Å². The van der Waals surface area contributed by atoms with Crippen molar-refractivity contribution < 1.29 is 24.2 Å². The lowest BCUT2D eigenvalue weighted by molar-refractivity contribution is -0.139. The molecule has 1 rings (SSSR count). The minimum atomic E-state index is -1.06. The smallest absolute Gasteiger partial charge is 0.341 e. The van der Waals surface area contributed by atoms with Crippen molar-refractivity contribution in [1.29, 1.82) is 0 Å². The van der Waals surface area contributed by atoms with E-state index in [4.69, 9.17) is 9.84 Å². The first-order valence-corrected chi connectivity index (χ1v) is 7.13. The second kappa shape index (κ2) is 7.62. The van der Waals surface area contributed by atoms with Crippen LogP contribution in [0.2, 0.25) is 0 Å². The van der Waals surface area contributed by atoms with E-state index in [1.54, 1.807) is 45.9 Å². The number of carboxylic acid groups (broad SMARTS) is 1. The molecule has 0 aromatic heterocycles. The van der Waals surface area contributed by atoms with Gasteiger partial charge in [-0.3, -0.25) is 9.59 Å². The highest BCUT2D eigenvalue weighted by Crippen LogP contribution is 2.21. The molecule has 0 bridgehead atoms. The van der Waals surface area contributed by atoms with E-state index < -0.39 is 18.0 Å². The second-order valence-corrected chi connectivity index (χ2v) is 6.14. The van der Waals surface area contributed by atoms with E-state index in [1.807, 2.05) is 0 Å². The van der Waals surface area contributed by atoms with Gasteiger partial charge in [-0.15, -0.1) is 0 Å². The number of nitrogens with one attached hydrogen (secondary N) is 2. The van der Waals surface area contributed by atoms with Crippen LogP contribution in [0, 0.1) is 12.3 Å². The van der Waals surface area contributed by atoms with Gasteiger partial charge in [0.05, 0.1) is 6.54 Å². The van der Waals surface area contributed by atoms with E-state index in [0.717, 1.165) is 5.56 Å². The number of anilines is 1. The van der Waals surface area contributed by atoms with Gasteiger partial charge in [-0.1, -0.05) is 20.8 Å². The van der Waals surface area contributed by atoms with Gasteiger partial charge in [0.15, 0.2) is 6.61 Å². The van der Waals surface area contributed by atoms with E-state index in [0.29, 0.717) is 11.4 Å². The third-order valence-electron chi connectivity index (χ3n) is 2.92. The second-order valence-electron chi connectivity index (χ2n) is 6.14. The van der Waals surface area contributed by atoms with Crippen LogP contribution in [0.25, 0.3) is 0 Å². The highest BCUT2D eigenvalue weighted by Gasteiger charge is 2.21. The first kappa shape index (κ1) is 18.5. The summed E-state index contributed by atoms with van der Waals surface area (Å²) >= 11 is 0. The van der Waals surface area contributed by atoms with Crippen molar-refractivity contribution in [2.75, 3.05) is 18.5 Å². The summed E-state index contributed by atoms with van der Waals surface area (Å²) in [5.74, 6) is -1.20. The maximum Gasteiger partial charge on any atom is 0.341 e. The van der Waals surface area contributed by atoms with E-state index in [1.165, 1.54) is 0 Å². The van der Waals surface area contributed by atoms with Crippen molar-refractivity contribution in [1.82, 2.24) is 5.32 Å². The Morgan fingerprint density at radius 2 is 1.87 bits per heavy atom. The van der Waals surface area contributed by atoms with Crippen LogP contribution in [0.4, 0.5) is 5.69 Å². The number of carbonyl (C=O) groups excluding carboxylic acids is 2. The Bertz CT molecular complexity index is 605. The molecule has 0 unspecified atom stereocenters. The molecule has 1 aromatic carbocycles. The number of aliphatic carboxylic acids is 1. The molecule has 0 heterocycles. The Morgan fingerprint density at radius 1 is 1.22 bits per heavy atom. The Hall–Kier alpha value is -2.57. The van der Waals surface area contributed by atoms with Gasteiger partial charge in [0, 0.05) is 11.1 Å². The molecule has 0 radical (unpaired) electrons. The summed E-state index contributed by atoms with van der Waals surface area (Å²) in [6.45, 7) is 6.51. The molecule has 7 nitrogen and oxygen atoms in total. The molecule has 0 saturated carbocycles. The number of aryl methyl sites for hydroxylation is 1. The van der Waals surface area contributed by atoms with E-state index in [9.17, 15) is 14.4 Å². The minimum Gasteiger partial charge on any atom is -0.482 e. The summed E-state index contributed by atoms with van der Waals surface area (Å²) in [5.41, 5.74) is 0.741. The topological polar surface area (TPSA) is 105 Å². The largest absolute Gasteiger partial charge is 0.482 e. The van der Waals surface area contributed by atoms with E-state index in [-0.39, 0.29) is 18.4 Å². The molecule has 0 aliphatic carbocycles. The lowest BCUT2D eigenvalue weighted by Crippen LogP contribution is -2.39. The van der Waals surface area contributed by atoms with Crippen molar-refractivity contribution in [2.45, 2.75) is 27.7 Å². The number of amides is 2. The quantitative estimate of drug-likeness (QED) is 0.737. The zero-order valence-corrected chi connectivity index (χ0v) is 13.7. The van der Waals surface area contributed by atoms with Crippen LogP contribution in [-0.4, -0.2) is 36.0 Å². The molecular formula is C16H22N2O5. The van der Waals surface area contributed by atoms with Crippen molar-refractivity contribution in [3.05, 3.63) is 23.8 Å². The van der Waals surface area contributed by atoms with Gasteiger partial charge in [-0.05, 0) is 30.7 Å². The molecule has 0 fully saturated rings. The SMILES string of the molecule is Cc1cc(OCC(=O)O)ccc1NC(=O)CNC(=O)C(C)(C)C. The van der Waals surface area contributed by atoms with E-state index >= 15 is 0 Å². The zero-order chi connectivity index (χ0) is 17.6. The van der Waals surface area contributed by atoms with Gasteiger partial charge in [0.2, 0.25) is 11.8 Å². The summed E-state index contributed by atoms with van der Waals surface area (Å²) in [5, 5.41) is 13.8. The summed E-state index contributed by atoms with van der Waals surface area (Å²) in [4.78, 5) is 34.0. The van der Waals surface area contributed by atoms with E-state index in [2.05, 4.69) is 10.6 Å². The molecule has 23 heavy (non-hydrogen) atoms. The predicted molar refractivity (Wildman–Crippen MR) is 85.4 cm³/mol. The number of carbonyl (C=O) groups is 3. The first-order chi connectivity index (χ1) is 10.6. The number of benzene rings is 1. The zero-order valence-electron chi connectivity index (χ0n) is 13.7. The Balaban J connectivity index is 2.58. The Morgan fingerprint density at radius 3 is 2.39 bits per heavy atom. The summed E-state index contributed by atoms with van der Waals surface area (Å²) < 4.78 is 5.06. The van der Waals surface area contributed by atoms with Crippen LogP contribution in [0.3, 0.4) is 0 Å². The molecule has 0 aliphatic rings. The van der Waals surface area contributed by atoms with Crippen molar-refractivity contribution in [2.24, 2.45) is 5.41 Å². The fourth-order valence-electron chi connectivity index (χ4n) is 1.63. The van der Waals surface area contributed by atoms with Crippen LogP contribution in [0.15, 0.2) is 18.2 Å². The summed E-state index contributed by atoms with van der Waals surface area (Å²) in [6.07, 6.45) is 0. The molecule has 3 N–H and O–H groups in total. The molecule has 0 atom stereocenters. The van der Waals surface area contributed by atoms with Gasteiger partial charge in [-0.2, -0.15) is 0 Å². The first-order valence-electron chi connectivity index (χ1n) is 7.13. The van der Waals surface area contributed by atoms with Crippen LogP contribution in [0.5, 0.6) is 5.75 Å². The van der Waals surface area contributed by atoms with Crippen LogP contribution >= 0.6 is 0 Å². The maximum absolute atomic E-state index is 11.9. The molecular weight excluding hydrogens is 300 g/mol. The number of carboxylic acids is 1. The molecule has 0 aliphatic heterocycles. The highest BCUT2D eigenvalue weighted by atomic mass is 16.5. The normalized spacial score (nSPS) is 10.8. The number of ether oxygens (including phenoxy) is 1. The third-order valence-corrected chi connectivity index (χ3v) is 2.92. The monoisotopic (exact) mass is 322 g/mol. The predicted octanol–water partition coefficient (Wildman–Crippen LogP) is 1.56. The number of rotatable bonds is 6. The Kier molecular flexibility index (Phi) is 6.12. The fourth-order valence-corrected chi connectivity index (χ4v) is 1.63. The van der Waals surface area contributed by atoms with Crippen molar-refractivity contribution in [3.8, 4) is 5.75 Å². The lowest BCUT2D eigenvalue weighted by Gasteiger charge is -2.17. The lowest BCUT2D eigenvalue weighted by atomic mass is 9.96. The molecule has 0 spiro atoms. The minimum absolute atomic E-state index is 0.118. The third kappa shape index (κ3) is 6.37. The Labute approximate surface area is 135 Å². The molecule has 0 saturated heterocycles. The average Bonchev–Trinajstić information content (AvgIpc) is 2.44. The number of hydrogen-bond acceptors (Lipinski definition) is 4. The fraction of sp³-hybridized carbons (Fsp3) is 0.438. The maximum atomic E-state index is 11.9. The number of hydrogen-bond donors (Lipinski definition) is 3. The molecule has 7 heteroatoms. The van der Waals surface area contributed by atoms with Crippen LogP contribution in [0.1, 0.15) is 26.3 Å². The standard InChI is InChI=1S/C16H22N2O5/c1-10-7-11(23-9-14(20)21)5-6-12(10)18-13(19)8-17-15(22)16(2,3)4/h5-7H,8-9H2,1-4H3,(H,17,22)(H,18,19)(H,20,21). The van der Waals surface area contributed by atoms with Gasteiger partial charge >= 0.3 is 5.97 Å². The summed E-state index contributed by atoms with van der Waals surface area (Å²) in [6, 6.07) is 4.82. The molecule has 1 aromatic rings. The average molecular weight is 322 g/mol. The molecule has 126 valence electrons. The van der Waals surface area contributed by atoms with Crippen LogP contribution < -0.4 is 15.4 Å². The van der Waals surface area contributed by atoms with Gasteiger partial charge in [0.25, 0.3) is 0 Å². The van der Waals surface area contributed by atoms with Gasteiger partial charge in [-0.25, -0.2) is 4.79 Å².